The fourth-order valence-corrected chi connectivity index (χ4v) is 3.68. The van der Waals surface area contributed by atoms with Crippen LogP contribution in [0.2, 0.25) is 0 Å². The Hall–Kier alpha value is -3.61. The molecule has 0 spiro atoms. The molecular formula is C26H28FNO5. The van der Waals surface area contributed by atoms with Crippen LogP contribution in [0.25, 0.3) is 11.1 Å². The molecule has 174 valence electrons. The van der Waals surface area contributed by atoms with Crippen molar-refractivity contribution in [2.24, 2.45) is 0 Å². The van der Waals surface area contributed by atoms with Gasteiger partial charge in [0.05, 0.1) is 19.8 Å². The van der Waals surface area contributed by atoms with Crippen molar-refractivity contribution in [3.63, 3.8) is 0 Å². The molecule has 0 fully saturated rings. The first kappa shape index (κ1) is 24.0. The van der Waals surface area contributed by atoms with Gasteiger partial charge in [0.1, 0.15) is 23.1 Å². The van der Waals surface area contributed by atoms with Crippen LogP contribution in [0, 0.1) is 12.7 Å². The number of hydrogen-bond donors (Lipinski definition) is 1. The molecule has 0 bridgehead atoms. The number of carbonyl (C=O) groups is 2. The van der Waals surface area contributed by atoms with Gasteiger partial charge in [0, 0.05) is 17.5 Å². The van der Waals surface area contributed by atoms with Crippen LogP contribution in [0.4, 0.5) is 4.39 Å². The molecule has 7 heteroatoms. The van der Waals surface area contributed by atoms with Gasteiger partial charge >= 0.3 is 11.9 Å². The maximum absolute atomic E-state index is 14.4. The molecule has 0 saturated carbocycles. The summed E-state index contributed by atoms with van der Waals surface area (Å²) in [5, 5.41) is 0. The highest BCUT2D eigenvalue weighted by Gasteiger charge is 2.31. The Bertz CT molecular complexity index is 1160. The molecular weight excluding hydrogens is 425 g/mol. The topological polar surface area (TPSA) is 77.6 Å². The highest BCUT2D eigenvalue weighted by Crippen LogP contribution is 2.37. The molecule has 0 aliphatic carbocycles. The largest absolute Gasteiger partial charge is 0.496 e. The Morgan fingerprint density at radius 2 is 1.79 bits per heavy atom. The molecule has 2 aromatic carbocycles. The third-order valence-electron chi connectivity index (χ3n) is 5.15. The first-order chi connectivity index (χ1) is 15.6. The van der Waals surface area contributed by atoms with Gasteiger partial charge in [-0.3, -0.25) is 4.79 Å². The van der Waals surface area contributed by atoms with Gasteiger partial charge < -0.3 is 19.2 Å². The molecule has 0 saturated heterocycles. The molecule has 0 amide bonds. The minimum absolute atomic E-state index is 0.163. The van der Waals surface area contributed by atoms with E-state index in [1.807, 2.05) is 0 Å². The average Bonchev–Trinajstić information content (AvgIpc) is 3.26. The Balaban J connectivity index is 2.19. The molecule has 0 aliphatic rings. The number of hydrogen-bond acceptors (Lipinski definition) is 5. The molecule has 0 radical (unpaired) electrons. The van der Waals surface area contributed by atoms with E-state index in [0.717, 1.165) is 0 Å². The molecule has 6 nitrogen and oxygen atoms in total. The zero-order chi connectivity index (χ0) is 24.3. The van der Waals surface area contributed by atoms with E-state index in [-0.39, 0.29) is 5.56 Å². The fraction of sp³-hybridized carbons (Fsp3) is 0.308. The Kier molecular flexibility index (Phi) is 6.91. The van der Waals surface area contributed by atoms with Gasteiger partial charge in [0.25, 0.3) is 0 Å². The van der Waals surface area contributed by atoms with Crippen molar-refractivity contribution < 1.29 is 28.2 Å². The summed E-state index contributed by atoms with van der Waals surface area (Å²) in [6.07, 6.45) is 1.73. The van der Waals surface area contributed by atoms with Crippen LogP contribution in [0.5, 0.6) is 5.75 Å². The lowest BCUT2D eigenvalue weighted by molar-refractivity contribution is -0.155. The highest BCUT2D eigenvalue weighted by atomic mass is 19.1. The maximum atomic E-state index is 14.4. The number of aromatic nitrogens is 1. The lowest BCUT2D eigenvalue weighted by Gasteiger charge is -2.25. The van der Waals surface area contributed by atoms with Crippen LogP contribution in [-0.2, 0) is 14.3 Å². The van der Waals surface area contributed by atoms with Crippen molar-refractivity contribution in [3.05, 3.63) is 76.9 Å². The molecule has 3 aromatic rings. The average molecular weight is 454 g/mol. The second-order valence-corrected chi connectivity index (χ2v) is 8.69. The summed E-state index contributed by atoms with van der Waals surface area (Å²) in [6.45, 7) is 7.17. The summed E-state index contributed by atoms with van der Waals surface area (Å²) in [6, 6.07) is 11.7. The molecule has 1 N–H and O–H groups in total. The molecule has 3 rings (SSSR count). The van der Waals surface area contributed by atoms with E-state index in [4.69, 9.17) is 14.2 Å². The zero-order valence-corrected chi connectivity index (χ0v) is 19.6. The third kappa shape index (κ3) is 5.25. The second-order valence-electron chi connectivity index (χ2n) is 8.69. The van der Waals surface area contributed by atoms with Crippen molar-refractivity contribution in [1.29, 1.82) is 0 Å². The van der Waals surface area contributed by atoms with E-state index < -0.39 is 29.3 Å². The van der Waals surface area contributed by atoms with E-state index in [1.165, 1.54) is 26.4 Å². The highest BCUT2D eigenvalue weighted by molar-refractivity contribution is 5.92. The number of halogens is 1. The monoisotopic (exact) mass is 453 g/mol. The van der Waals surface area contributed by atoms with Gasteiger partial charge in [-0.15, -0.1) is 0 Å². The van der Waals surface area contributed by atoms with Crippen LogP contribution in [0.1, 0.15) is 53.9 Å². The van der Waals surface area contributed by atoms with Crippen LogP contribution >= 0.6 is 0 Å². The summed E-state index contributed by atoms with van der Waals surface area (Å²) in [5.74, 6) is -2.14. The van der Waals surface area contributed by atoms with Gasteiger partial charge in [0.15, 0.2) is 0 Å². The van der Waals surface area contributed by atoms with Crippen LogP contribution < -0.4 is 4.74 Å². The number of rotatable bonds is 6. The van der Waals surface area contributed by atoms with E-state index in [0.29, 0.717) is 33.7 Å². The predicted molar refractivity (Wildman–Crippen MR) is 123 cm³/mol. The molecule has 1 unspecified atom stereocenters. The number of aryl methyl sites for hydroxylation is 1. The van der Waals surface area contributed by atoms with Gasteiger partial charge in [-0.1, -0.05) is 6.07 Å². The zero-order valence-electron chi connectivity index (χ0n) is 19.6. The van der Waals surface area contributed by atoms with Gasteiger partial charge in [0.2, 0.25) is 0 Å². The second kappa shape index (κ2) is 9.48. The minimum atomic E-state index is -0.782. The van der Waals surface area contributed by atoms with Gasteiger partial charge in [-0.25, -0.2) is 9.18 Å². The molecule has 1 heterocycles. The molecule has 0 aliphatic heterocycles. The number of nitrogens with one attached hydrogen (secondary N) is 1. The quantitative estimate of drug-likeness (QED) is 0.506. The predicted octanol–water partition coefficient (Wildman–Crippen LogP) is 5.40. The van der Waals surface area contributed by atoms with Crippen molar-refractivity contribution in [3.8, 4) is 16.9 Å². The first-order valence-corrected chi connectivity index (χ1v) is 10.5. The third-order valence-corrected chi connectivity index (χ3v) is 5.15. The van der Waals surface area contributed by atoms with E-state index in [1.54, 1.807) is 64.2 Å². The number of aromatic amines is 1. The van der Waals surface area contributed by atoms with Crippen molar-refractivity contribution in [1.82, 2.24) is 4.98 Å². The maximum Gasteiger partial charge on any atom is 0.340 e. The number of benzene rings is 2. The first-order valence-electron chi connectivity index (χ1n) is 10.5. The number of H-pyrrole nitrogens is 1. The fourth-order valence-electron chi connectivity index (χ4n) is 3.68. The van der Waals surface area contributed by atoms with Crippen molar-refractivity contribution in [2.75, 3.05) is 14.2 Å². The number of ether oxygens (including phenoxy) is 3. The number of esters is 2. The molecule has 33 heavy (non-hydrogen) atoms. The lowest BCUT2D eigenvalue weighted by Crippen LogP contribution is -2.28. The SMILES string of the molecule is COC(=O)c1cc(-c2ccc(OC)c(C(C(=O)OC(C)(C)C)c3ccc[nH]3)c2)c(C)cc1F. The van der Waals surface area contributed by atoms with E-state index >= 15 is 0 Å². The molecule has 1 aromatic heterocycles. The Morgan fingerprint density at radius 1 is 1.06 bits per heavy atom. The van der Waals surface area contributed by atoms with Crippen LogP contribution in [-0.4, -0.2) is 36.7 Å². The van der Waals surface area contributed by atoms with Gasteiger partial charge in [-0.2, -0.15) is 0 Å². The van der Waals surface area contributed by atoms with Crippen molar-refractivity contribution in [2.45, 2.75) is 39.2 Å². The minimum Gasteiger partial charge on any atom is -0.496 e. The Labute approximate surface area is 192 Å². The standard InChI is InChI=1S/C26H28FNO5/c1-15-12-20(27)18(24(29)32-6)14-17(15)16-9-10-22(31-5)19(13-16)23(21-8-7-11-28-21)25(30)33-26(2,3)4/h7-14,23,28H,1-6H3. The van der Waals surface area contributed by atoms with E-state index in [2.05, 4.69) is 4.98 Å². The number of carbonyl (C=O) groups excluding carboxylic acids is 2. The summed E-state index contributed by atoms with van der Waals surface area (Å²) in [4.78, 5) is 28.4. The summed E-state index contributed by atoms with van der Waals surface area (Å²) < 4.78 is 30.4. The number of methoxy groups -OCH3 is 2. The smallest absolute Gasteiger partial charge is 0.340 e. The Morgan fingerprint density at radius 3 is 2.36 bits per heavy atom. The van der Waals surface area contributed by atoms with Crippen LogP contribution in [0.15, 0.2) is 48.7 Å². The van der Waals surface area contributed by atoms with Gasteiger partial charge in [-0.05, 0) is 80.8 Å². The summed E-state index contributed by atoms with van der Waals surface area (Å²) in [7, 11) is 2.73. The lowest BCUT2D eigenvalue weighted by atomic mass is 9.90. The normalized spacial score (nSPS) is 12.2. The summed E-state index contributed by atoms with van der Waals surface area (Å²) in [5.41, 5.74) is 2.33. The molecule has 1 atom stereocenters. The van der Waals surface area contributed by atoms with Crippen LogP contribution in [0.3, 0.4) is 0 Å². The summed E-state index contributed by atoms with van der Waals surface area (Å²) >= 11 is 0. The van der Waals surface area contributed by atoms with E-state index in [9.17, 15) is 14.0 Å². The van der Waals surface area contributed by atoms with Crippen molar-refractivity contribution >= 4 is 11.9 Å².